The average Bonchev–Trinajstić information content (AvgIpc) is 3.06. The van der Waals surface area contributed by atoms with Gasteiger partial charge in [-0.15, -0.1) is 0 Å². The zero-order valence-electron chi connectivity index (χ0n) is 8.91. The van der Waals surface area contributed by atoms with E-state index in [0.29, 0.717) is 17.9 Å². The molecule has 1 aromatic rings. The zero-order valence-corrected chi connectivity index (χ0v) is 10.5. The number of carbonyl (C=O) groups is 1. The second kappa shape index (κ2) is 4.87. The highest BCUT2D eigenvalue weighted by Crippen LogP contribution is 2.32. The van der Waals surface area contributed by atoms with Crippen LogP contribution in [0.5, 0.6) is 0 Å². The molecule has 0 atom stereocenters. The number of nitrogen functional groups attached to an aromatic ring is 1. The number of esters is 1. The van der Waals surface area contributed by atoms with E-state index in [2.05, 4.69) is 15.9 Å². The van der Waals surface area contributed by atoms with Crippen LogP contribution in [0.1, 0.15) is 29.6 Å². The molecule has 2 N–H and O–H groups in total. The molecule has 0 aliphatic heterocycles. The van der Waals surface area contributed by atoms with E-state index in [1.165, 1.54) is 12.8 Å². The molecule has 0 bridgehead atoms. The van der Waals surface area contributed by atoms with Crippen molar-refractivity contribution in [2.45, 2.75) is 19.3 Å². The number of benzene rings is 1. The van der Waals surface area contributed by atoms with Gasteiger partial charge in [-0.2, -0.15) is 0 Å². The third-order valence-corrected chi connectivity index (χ3v) is 3.38. The summed E-state index contributed by atoms with van der Waals surface area (Å²) in [6.45, 7) is 0.519. The van der Waals surface area contributed by atoms with Crippen LogP contribution in [0.25, 0.3) is 0 Å². The average molecular weight is 284 g/mol. The number of hydrogen-bond donors (Lipinski definition) is 1. The summed E-state index contributed by atoms with van der Waals surface area (Å²) in [6.07, 6.45) is 3.55. The maximum atomic E-state index is 11.6. The number of ether oxygens (including phenoxy) is 1. The number of carbonyl (C=O) groups excluding carboxylic acids is 1. The van der Waals surface area contributed by atoms with Gasteiger partial charge in [0.25, 0.3) is 0 Å². The molecule has 1 aliphatic carbocycles. The minimum atomic E-state index is -0.277. The molecule has 0 saturated heterocycles. The summed E-state index contributed by atoms with van der Waals surface area (Å²) in [4.78, 5) is 11.6. The second-order valence-corrected chi connectivity index (χ2v) is 4.96. The summed E-state index contributed by atoms with van der Waals surface area (Å²) in [5.41, 5.74) is 6.80. The van der Waals surface area contributed by atoms with E-state index in [4.69, 9.17) is 10.5 Å². The minimum absolute atomic E-state index is 0.277. The van der Waals surface area contributed by atoms with E-state index in [0.717, 1.165) is 16.8 Å². The first kappa shape index (κ1) is 11.5. The van der Waals surface area contributed by atoms with Crippen molar-refractivity contribution in [2.75, 3.05) is 12.3 Å². The maximum Gasteiger partial charge on any atom is 0.338 e. The quantitative estimate of drug-likeness (QED) is 0.683. The molecular formula is C12H14BrNO2. The van der Waals surface area contributed by atoms with Crippen molar-refractivity contribution in [3.05, 3.63) is 28.2 Å². The smallest absolute Gasteiger partial charge is 0.338 e. The summed E-state index contributed by atoms with van der Waals surface area (Å²) >= 11 is 3.28. The summed E-state index contributed by atoms with van der Waals surface area (Å²) in [5.74, 6) is 0.507. The summed E-state index contributed by atoms with van der Waals surface area (Å²) in [7, 11) is 0. The molecule has 86 valence electrons. The van der Waals surface area contributed by atoms with Gasteiger partial charge in [0.15, 0.2) is 0 Å². The highest BCUT2D eigenvalue weighted by Gasteiger charge is 2.21. The Labute approximate surface area is 103 Å². The number of nitrogens with two attached hydrogens (primary N) is 1. The van der Waals surface area contributed by atoms with Gasteiger partial charge >= 0.3 is 5.97 Å². The molecule has 1 fully saturated rings. The van der Waals surface area contributed by atoms with E-state index in [1.807, 2.05) is 0 Å². The number of anilines is 1. The molecule has 1 saturated carbocycles. The fourth-order valence-corrected chi connectivity index (χ4v) is 1.84. The first-order valence-corrected chi connectivity index (χ1v) is 6.18. The van der Waals surface area contributed by atoms with Crippen LogP contribution >= 0.6 is 15.9 Å². The normalized spacial score (nSPS) is 14.8. The molecule has 1 aliphatic rings. The van der Waals surface area contributed by atoms with Gasteiger partial charge in [0.05, 0.1) is 12.2 Å². The van der Waals surface area contributed by atoms with Gasteiger partial charge in [0, 0.05) is 10.2 Å². The predicted molar refractivity (Wildman–Crippen MR) is 66.2 cm³/mol. The van der Waals surface area contributed by atoms with Gasteiger partial charge < -0.3 is 10.5 Å². The predicted octanol–water partition coefficient (Wildman–Crippen LogP) is 2.99. The van der Waals surface area contributed by atoms with Crippen molar-refractivity contribution in [3.63, 3.8) is 0 Å². The van der Waals surface area contributed by atoms with Crippen molar-refractivity contribution < 1.29 is 9.53 Å². The zero-order chi connectivity index (χ0) is 11.5. The van der Waals surface area contributed by atoms with E-state index in [9.17, 15) is 4.79 Å². The van der Waals surface area contributed by atoms with Gasteiger partial charge in [-0.1, -0.05) is 12.8 Å². The number of hydrogen-bond acceptors (Lipinski definition) is 3. The molecule has 0 spiro atoms. The van der Waals surface area contributed by atoms with Crippen molar-refractivity contribution in [2.24, 2.45) is 5.92 Å². The van der Waals surface area contributed by atoms with Crippen LogP contribution in [0.4, 0.5) is 5.69 Å². The Morgan fingerprint density at radius 1 is 1.50 bits per heavy atom. The SMILES string of the molecule is Nc1ccc(C(=O)OCCC2CC2)cc1Br. The molecule has 2 rings (SSSR count). The lowest BCUT2D eigenvalue weighted by molar-refractivity contribution is 0.0495. The monoisotopic (exact) mass is 283 g/mol. The van der Waals surface area contributed by atoms with Crippen molar-refractivity contribution >= 4 is 27.6 Å². The standard InChI is InChI=1S/C12H14BrNO2/c13-10-7-9(3-4-11(10)14)12(15)16-6-5-8-1-2-8/h3-4,7-8H,1-2,5-6,14H2. The molecule has 0 unspecified atom stereocenters. The third kappa shape index (κ3) is 2.98. The second-order valence-electron chi connectivity index (χ2n) is 4.10. The molecule has 0 radical (unpaired) electrons. The van der Waals surface area contributed by atoms with Gasteiger partial charge in [0.2, 0.25) is 0 Å². The van der Waals surface area contributed by atoms with Gasteiger partial charge in [-0.3, -0.25) is 0 Å². The van der Waals surface area contributed by atoms with Crippen molar-refractivity contribution in [3.8, 4) is 0 Å². The van der Waals surface area contributed by atoms with Crippen LogP contribution in [0.15, 0.2) is 22.7 Å². The largest absolute Gasteiger partial charge is 0.462 e. The Bertz CT molecular complexity index is 402. The Balaban J connectivity index is 1.88. The third-order valence-electron chi connectivity index (χ3n) is 2.69. The Hall–Kier alpha value is -1.03. The lowest BCUT2D eigenvalue weighted by Gasteiger charge is -2.05. The molecular weight excluding hydrogens is 270 g/mol. The Morgan fingerprint density at radius 3 is 2.88 bits per heavy atom. The number of rotatable bonds is 4. The molecule has 16 heavy (non-hydrogen) atoms. The van der Waals surface area contributed by atoms with Crippen molar-refractivity contribution in [1.29, 1.82) is 0 Å². The Morgan fingerprint density at radius 2 is 2.25 bits per heavy atom. The minimum Gasteiger partial charge on any atom is -0.462 e. The van der Waals surface area contributed by atoms with E-state index >= 15 is 0 Å². The lowest BCUT2D eigenvalue weighted by Crippen LogP contribution is -2.07. The topological polar surface area (TPSA) is 52.3 Å². The molecule has 0 heterocycles. The molecule has 0 amide bonds. The van der Waals surface area contributed by atoms with Crippen LogP contribution in [0.2, 0.25) is 0 Å². The highest BCUT2D eigenvalue weighted by atomic mass is 79.9. The first-order valence-electron chi connectivity index (χ1n) is 5.39. The highest BCUT2D eigenvalue weighted by molar-refractivity contribution is 9.10. The molecule has 3 nitrogen and oxygen atoms in total. The van der Waals surface area contributed by atoms with Crippen molar-refractivity contribution in [1.82, 2.24) is 0 Å². The summed E-state index contributed by atoms with van der Waals surface area (Å²) < 4.78 is 5.90. The Kier molecular flexibility index (Phi) is 3.49. The van der Waals surface area contributed by atoms with E-state index in [1.54, 1.807) is 18.2 Å². The van der Waals surface area contributed by atoms with Crippen LogP contribution in [-0.4, -0.2) is 12.6 Å². The maximum absolute atomic E-state index is 11.6. The van der Waals surface area contributed by atoms with Gasteiger partial charge in [-0.05, 0) is 46.5 Å². The van der Waals surface area contributed by atoms with Crippen LogP contribution < -0.4 is 5.73 Å². The molecule has 0 aromatic heterocycles. The van der Waals surface area contributed by atoms with Gasteiger partial charge in [-0.25, -0.2) is 4.79 Å². The number of halogens is 1. The first-order chi connectivity index (χ1) is 7.66. The fraction of sp³-hybridized carbons (Fsp3) is 0.417. The molecule has 1 aromatic carbocycles. The van der Waals surface area contributed by atoms with E-state index in [-0.39, 0.29) is 5.97 Å². The van der Waals surface area contributed by atoms with Crippen LogP contribution in [0.3, 0.4) is 0 Å². The van der Waals surface area contributed by atoms with Crippen LogP contribution in [0, 0.1) is 5.92 Å². The molecule has 4 heteroatoms. The lowest BCUT2D eigenvalue weighted by atomic mass is 10.2. The van der Waals surface area contributed by atoms with Gasteiger partial charge in [0.1, 0.15) is 0 Å². The summed E-state index contributed by atoms with van der Waals surface area (Å²) in [6, 6.07) is 5.07. The fourth-order valence-electron chi connectivity index (χ4n) is 1.46. The summed E-state index contributed by atoms with van der Waals surface area (Å²) in [5, 5.41) is 0. The van der Waals surface area contributed by atoms with E-state index < -0.39 is 0 Å². The van der Waals surface area contributed by atoms with Crippen LogP contribution in [-0.2, 0) is 4.74 Å².